The molecule has 2 aromatic rings. The molecule has 0 fully saturated rings. The summed E-state index contributed by atoms with van der Waals surface area (Å²) in [4.78, 5) is 34.0. The zero-order chi connectivity index (χ0) is 18.4. The van der Waals surface area contributed by atoms with Gasteiger partial charge >= 0.3 is 0 Å². The third kappa shape index (κ3) is 5.10. The number of hydrogen-bond donors (Lipinski definition) is 2. The molecule has 0 aliphatic heterocycles. The fourth-order valence-electron chi connectivity index (χ4n) is 2.15. The summed E-state index contributed by atoms with van der Waals surface area (Å²) in [7, 11) is 0. The molecule has 2 amide bonds. The van der Waals surface area contributed by atoms with Gasteiger partial charge in [0.2, 0.25) is 5.91 Å². The van der Waals surface area contributed by atoms with Gasteiger partial charge in [0.25, 0.3) is 11.6 Å². The van der Waals surface area contributed by atoms with Crippen molar-refractivity contribution in [1.82, 2.24) is 10.6 Å². The smallest absolute Gasteiger partial charge is 0.270 e. The number of nitrogens with one attached hydrogen (secondary N) is 2. The Hall–Kier alpha value is -3.29. The topological polar surface area (TPSA) is 101 Å². The number of halogens is 1. The number of nitro benzene ring substituents is 1. The highest BCUT2D eigenvalue weighted by atomic mass is 19.1. The molecule has 25 heavy (non-hydrogen) atoms. The molecule has 0 spiro atoms. The normalized spacial score (nSPS) is 11.4. The maximum Gasteiger partial charge on any atom is 0.270 e. The molecule has 0 bridgehead atoms. The molecule has 0 aromatic heterocycles. The van der Waals surface area contributed by atoms with Crippen molar-refractivity contribution in [3.05, 3.63) is 75.6 Å². The van der Waals surface area contributed by atoms with Crippen LogP contribution in [0.3, 0.4) is 0 Å². The SMILES string of the molecule is C[C@@H](NC(=O)CNC(=O)c1cccc([N+](=O)[O-])c1)c1ccc(F)cc1. The second kappa shape index (κ2) is 8.00. The molecule has 0 unspecified atom stereocenters. The first-order valence-electron chi connectivity index (χ1n) is 7.44. The third-order valence-electron chi connectivity index (χ3n) is 3.48. The molecule has 0 saturated heterocycles. The predicted octanol–water partition coefficient (Wildman–Crippen LogP) is 2.34. The lowest BCUT2D eigenvalue weighted by Gasteiger charge is -2.14. The Bertz CT molecular complexity index is 793. The summed E-state index contributed by atoms with van der Waals surface area (Å²) in [5.74, 6) is -1.39. The predicted molar refractivity (Wildman–Crippen MR) is 88.4 cm³/mol. The zero-order valence-corrected chi connectivity index (χ0v) is 13.4. The molecule has 1 atom stereocenters. The van der Waals surface area contributed by atoms with Gasteiger partial charge in [0.15, 0.2) is 0 Å². The highest BCUT2D eigenvalue weighted by Gasteiger charge is 2.14. The Balaban J connectivity index is 1.89. The van der Waals surface area contributed by atoms with E-state index < -0.39 is 16.7 Å². The van der Waals surface area contributed by atoms with Gasteiger partial charge in [0, 0.05) is 17.7 Å². The molecule has 0 aliphatic rings. The van der Waals surface area contributed by atoms with Crippen LogP contribution in [0.2, 0.25) is 0 Å². The van der Waals surface area contributed by atoms with Crippen LogP contribution < -0.4 is 10.6 Å². The van der Waals surface area contributed by atoms with Gasteiger partial charge in [-0.1, -0.05) is 18.2 Å². The Labute approximate surface area is 143 Å². The second-order valence-electron chi connectivity index (χ2n) is 5.33. The first-order chi connectivity index (χ1) is 11.9. The molecule has 7 nitrogen and oxygen atoms in total. The maximum atomic E-state index is 12.9. The van der Waals surface area contributed by atoms with Crippen LogP contribution in [0, 0.1) is 15.9 Å². The summed E-state index contributed by atoms with van der Waals surface area (Å²) in [6, 6.07) is 10.6. The standard InChI is InChI=1S/C17H16FN3O4/c1-11(12-5-7-14(18)8-6-12)20-16(22)10-19-17(23)13-3-2-4-15(9-13)21(24)25/h2-9,11H,10H2,1H3,(H,19,23)(H,20,22)/t11-/m1/s1. The number of rotatable bonds is 6. The number of carbonyl (C=O) groups is 2. The number of amides is 2. The maximum absolute atomic E-state index is 12.9. The van der Waals surface area contributed by atoms with Crippen LogP contribution in [0.4, 0.5) is 10.1 Å². The van der Waals surface area contributed by atoms with Crippen LogP contribution in [-0.4, -0.2) is 23.3 Å². The van der Waals surface area contributed by atoms with Gasteiger partial charge in [0.05, 0.1) is 17.5 Å². The van der Waals surface area contributed by atoms with E-state index in [-0.39, 0.29) is 29.7 Å². The van der Waals surface area contributed by atoms with E-state index in [1.54, 1.807) is 19.1 Å². The van der Waals surface area contributed by atoms with Gasteiger partial charge in [-0.3, -0.25) is 19.7 Å². The third-order valence-corrected chi connectivity index (χ3v) is 3.48. The van der Waals surface area contributed by atoms with Crippen molar-refractivity contribution in [3.8, 4) is 0 Å². The van der Waals surface area contributed by atoms with Crippen LogP contribution in [0.25, 0.3) is 0 Å². The van der Waals surface area contributed by atoms with E-state index >= 15 is 0 Å². The molecular formula is C17H16FN3O4. The molecule has 2 aromatic carbocycles. The molecule has 2 N–H and O–H groups in total. The van der Waals surface area contributed by atoms with E-state index in [0.29, 0.717) is 0 Å². The molecule has 2 rings (SSSR count). The van der Waals surface area contributed by atoms with Crippen molar-refractivity contribution in [1.29, 1.82) is 0 Å². The van der Waals surface area contributed by atoms with E-state index in [0.717, 1.165) is 11.6 Å². The number of carbonyl (C=O) groups excluding carboxylic acids is 2. The Morgan fingerprint density at radius 2 is 1.88 bits per heavy atom. The Kier molecular flexibility index (Phi) is 5.78. The summed E-state index contributed by atoms with van der Waals surface area (Å²) >= 11 is 0. The molecule has 0 aliphatic carbocycles. The zero-order valence-electron chi connectivity index (χ0n) is 13.4. The van der Waals surface area contributed by atoms with E-state index in [1.165, 1.54) is 30.3 Å². The fourth-order valence-corrected chi connectivity index (χ4v) is 2.15. The second-order valence-corrected chi connectivity index (χ2v) is 5.33. The van der Waals surface area contributed by atoms with Gasteiger partial charge in [-0.25, -0.2) is 4.39 Å². The monoisotopic (exact) mass is 345 g/mol. The van der Waals surface area contributed by atoms with E-state index in [9.17, 15) is 24.1 Å². The molecule has 0 heterocycles. The molecule has 0 saturated carbocycles. The fraction of sp³-hybridized carbons (Fsp3) is 0.176. The van der Waals surface area contributed by atoms with Crippen molar-refractivity contribution in [2.45, 2.75) is 13.0 Å². The van der Waals surface area contributed by atoms with Crippen molar-refractivity contribution in [2.24, 2.45) is 0 Å². The molecule has 130 valence electrons. The van der Waals surface area contributed by atoms with E-state index in [1.807, 2.05) is 0 Å². The highest BCUT2D eigenvalue weighted by Crippen LogP contribution is 2.13. The summed E-state index contributed by atoms with van der Waals surface area (Å²) in [5.41, 5.74) is 0.607. The van der Waals surface area contributed by atoms with E-state index in [2.05, 4.69) is 10.6 Å². The van der Waals surface area contributed by atoms with E-state index in [4.69, 9.17) is 0 Å². The van der Waals surface area contributed by atoms with Crippen molar-refractivity contribution >= 4 is 17.5 Å². The Morgan fingerprint density at radius 1 is 1.20 bits per heavy atom. The summed E-state index contributed by atoms with van der Waals surface area (Å²) < 4.78 is 12.9. The minimum absolute atomic E-state index is 0.0913. The molecule has 0 radical (unpaired) electrons. The Morgan fingerprint density at radius 3 is 2.52 bits per heavy atom. The number of non-ortho nitro benzene ring substituents is 1. The summed E-state index contributed by atoms with van der Waals surface area (Å²) in [6.45, 7) is 1.45. The van der Waals surface area contributed by atoms with Gasteiger partial charge < -0.3 is 10.6 Å². The van der Waals surface area contributed by atoms with Crippen LogP contribution >= 0.6 is 0 Å². The first kappa shape index (κ1) is 18.1. The van der Waals surface area contributed by atoms with Crippen molar-refractivity contribution in [2.75, 3.05) is 6.54 Å². The van der Waals surface area contributed by atoms with Crippen LogP contribution in [0.15, 0.2) is 48.5 Å². The van der Waals surface area contributed by atoms with Crippen LogP contribution in [0.1, 0.15) is 28.9 Å². The summed E-state index contributed by atoms with van der Waals surface area (Å²) in [6.07, 6.45) is 0. The van der Waals surface area contributed by atoms with Crippen molar-refractivity contribution in [3.63, 3.8) is 0 Å². The lowest BCUT2D eigenvalue weighted by atomic mass is 10.1. The first-order valence-corrected chi connectivity index (χ1v) is 7.44. The number of nitro groups is 1. The summed E-state index contributed by atoms with van der Waals surface area (Å²) in [5, 5.41) is 15.8. The van der Waals surface area contributed by atoms with Crippen LogP contribution in [0.5, 0.6) is 0 Å². The largest absolute Gasteiger partial charge is 0.348 e. The van der Waals surface area contributed by atoms with Crippen molar-refractivity contribution < 1.29 is 18.9 Å². The van der Waals surface area contributed by atoms with Gasteiger partial charge in [-0.05, 0) is 30.7 Å². The average Bonchev–Trinajstić information content (AvgIpc) is 2.60. The number of benzene rings is 2. The number of hydrogen-bond acceptors (Lipinski definition) is 4. The molecule has 8 heteroatoms. The molecular weight excluding hydrogens is 329 g/mol. The minimum Gasteiger partial charge on any atom is -0.348 e. The lowest BCUT2D eigenvalue weighted by molar-refractivity contribution is -0.384. The lowest BCUT2D eigenvalue weighted by Crippen LogP contribution is -2.38. The minimum atomic E-state index is -0.603. The van der Waals surface area contributed by atoms with Crippen LogP contribution in [-0.2, 0) is 4.79 Å². The van der Waals surface area contributed by atoms with Gasteiger partial charge in [-0.2, -0.15) is 0 Å². The highest BCUT2D eigenvalue weighted by molar-refractivity contribution is 5.96. The van der Waals surface area contributed by atoms with Gasteiger partial charge in [0.1, 0.15) is 5.82 Å². The number of nitrogens with zero attached hydrogens (tertiary/aromatic N) is 1. The average molecular weight is 345 g/mol. The van der Waals surface area contributed by atoms with Gasteiger partial charge in [-0.15, -0.1) is 0 Å². The quantitative estimate of drug-likeness (QED) is 0.620.